The van der Waals surface area contributed by atoms with E-state index in [9.17, 15) is 9.90 Å². The maximum Gasteiger partial charge on any atom is 0.379 e. The Hall–Kier alpha value is -1.68. The van der Waals surface area contributed by atoms with E-state index in [4.69, 9.17) is 0 Å². The van der Waals surface area contributed by atoms with Crippen LogP contribution in [-0.2, 0) is 0 Å². The van der Waals surface area contributed by atoms with Crippen molar-refractivity contribution < 1.29 is 9.52 Å². The van der Waals surface area contributed by atoms with Crippen molar-refractivity contribution in [3.05, 3.63) is 53.1 Å². The van der Waals surface area contributed by atoms with Gasteiger partial charge in [0.15, 0.2) is 0 Å². The number of benzene rings is 1. The molecule has 0 aliphatic carbocycles. The highest BCUT2D eigenvalue weighted by atomic mass is 32.2. The summed E-state index contributed by atoms with van der Waals surface area (Å²) >= 11 is 1.32. The van der Waals surface area contributed by atoms with Crippen molar-refractivity contribution in [2.45, 2.75) is 9.79 Å². The predicted octanol–water partition coefficient (Wildman–Crippen LogP) is 2.50. The molecule has 2 aromatic rings. The molecule has 0 spiro atoms. The summed E-state index contributed by atoms with van der Waals surface area (Å²) in [5, 5.41) is 9.43. The molecular formula is C11H8O3S. The van der Waals surface area contributed by atoms with Crippen LogP contribution in [0, 0.1) is 0 Å². The highest BCUT2D eigenvalue weighted by Crippen LogP contribution is 2.31. The summed E-state index contributed by atoms with van der Waals surface area (Å²) < 4.78 is 4.52. The number of rotatable bonds is 2. The number of hydrogen-bond donors (Lipinski definition) is 1. The second kappa shape index (κ2) is 4.23. The molecule has 0 aliphatic heterocycles. The molecule has 0 amide bonds. The topological polar surface area (TPSA) is 50.4 Å². The third-order valence-corrected chi connectivity index (χ3v) is 2.85. The fourth-order valence-corrected chi connectivity index (χ4v) is 1.94. The Morgan fingerprint density at radius 3 is 2.60 bits per heavy atom. The molecule has 1 aromatic carbocycles. The Labute approximate surface area is 90.4 Å². The van der Waals surface area contributed by atoms with E-state index in [0.29, 0.717) is 4.90 Å². The second-order valence-electron chi connectivity index (χ2n) is 2.84. The molecular weight excluding hydrogens is 212 g/mol. The highest BCUT2D eigenvalue weighted by Gasteiger charge is 2.07. The quantitative estimate of drug-likeness (QED) is 0.844. The Morgan fingerprint density at radius 1 is 1.13 bits per heavy atom. The summed E-state index contributed by atoms with van der Waals surface area (Å²) in [6.45, 7) is 0. The largest absolute Gasteiger partial charge is 0.501 e. The molecule has 0 radical (unpaired) electrons. The van der Waals surface area contributed by atoms with Gasteiger partial charge in [0.25, 0.3) is 0 Å². The summed E-state index contributed by atoms with van der Waals surface area (Å²) in [4.78, 5) is 12.5. The van der Waals surface area contributed by atoms with E-state index in [0.717, 1.165) is 4.90 Å². The number of hydrogen-bond acceptors (Lipinski definition) is 4. The van der Waals surface area contributed by atoms with Crippen molar-refractivity contribution in [1.29, 1.82) is 0 Å². The monoisotopic (exact) mass is 220 g/mol. The molecule has 1 N–H and O–H groups in total. The second-order valence-corrected chi connectivity index (χ2v) is 3.95. The first kappa shape index (κ1) is 9.86. The van der Waals surface area contributed by atoms with E-state index in [2.05, 4.69) is 4.42 Å². The zero-order valence-corrected chi connectivity index (χ0v) is 8.53. The fraction of sp³-hybridized carbons (Fsp3) is 0. The van der Waals surface area contributed by atoms with Gasteiger partial charge in [0.2, 0.25) is 5.75 Å². The summed E-state index contributed by atoms with van der Waals surface area (Å²) in [6, 6.07) is 11.1. The average Bonchev–Trinajstić information content (AvgIpc) is 2.26. The van der Waals surface area contributed by atoms with Crippen LogP contribution in [0.1, 0.15) is 0 Å². The van der Waals surface area contributed by atoms with Gasteiger partial charge in [0.05, 0.1) is 11.2 Å². The molecule has 2 rings (SSSR count). The molecule has 4 heteroatoms. The van der Waals surface area contributed by atoms with Gasteiger partial charge in [-0.3, -0.25) is 0 Å². The summed E-state index contributed by atoms with van der Waals surface area (Å²) in [6.07, 6.45) is 1.27. The van der Waals surface area contributed by atoms with Crippen LogP contribution in [0.4, 0.5) is 0 Å². The lowest BCUT2D eigenvalue weighted by Crippen LogP contribution is -1.97. The average molecular weight is 220 g/mol. The van der Waals surface area contributed by atoms with Crippen molar-refractivity contribution in [2.75, 3.05) is 0 Å². The smallest absolute Gasteiger partial charge is 0.379 e. The minimum atomic E-state index is -0.712. The summed E-state index contributed by atoms with van der Waals surface area (Å²) in [5.41, 5.74) is -0.712. The normalized spacial score (nSPS) is 10.1. The van der Waals surface area contributed by atoms with Crippen molar-refractivity contribution >= 4 is 11.8 Å². The molecule has 0 bridgehead atoms. The van der Waals surface area contributed by atoms with Gasteiger partial charge in [-0.1, -0.05) is 30.0 Å². The third kappa shape index (κ3) is 2.22. The number of aromatic hydroxyl groups is 1. The van der Waals surface area contributed by atoms with Gasteiger partial charge >= 0.3 is 5.63 Å². The van der Waals surface area contributed by atoms with Crippen molar-refractivity contribution in [3.8, 4) is 5.75 Å². The molecule has 1 aromatic heterocycles. The maximum atomic E-state index is 11.0. The van der Waals surface area contributed by atoms with Gasteiger partial charge in [0.1, 0.15) is 0 Å². The minimum absolute atomic E-state index is 0.341. The molecule has 0 aliphatic rings. The summed E-state index contributed by atoms with van der Waals surface area (Å²) in [7, 11) is 0. The van der Waals surface area contributed by atoms with E-state index in [-0.39, 0.29) is 5.75 Å². The van der Waals surface area contributed by atoms with Crippen LogP contribution in [0.2, 0.25) is 0 Å². The highest BCUT2D eigenvalue weighted by molar-refractivity contribution is 7.99. The Bertz CT molecular complexity index is 505. The lowest BCUT2D eigenvalue weighted by molar-refractivity contribution is 0.399. The van der Waals surface area contributed by atoms with Crippen LogP contribution in [-0.4, -0.2) is 5.11 Å². The van der Waals surface area contributed by atoms with Crippen LogP contribution < -0.4 is 5.63 Å². The molecule has 15 heavy (non-hydrogen) atoms. The van der Waals surface area contributed by atoms with Gasteiger partial charge in [-0.25, -0.2) is 4.79 Å². The molecule has 0 saturated heterocycles. The third-order valence-electron chi connectivity index (χ3n) is 1.79. The molecule has 3 nitrogen and oxygen atoms in total. The van der Waals surface area contributed by atoms with Gasteiger partial charge < -0.3 is 9.52 Å². The molecule has 0 unspecified atom stereocenters. The first-order chi connectivity index (χ1) is 7.27. The van der Waals surface area contributed by atoms with Crippen LogP contribution >= 0.6 is 11.8 Å². The van der Waals surface area contributed by atoms with E-state index in [1.807, 2.05) is 30.3 Å². The molecule has 0 saturated carbocycles. The van der Waals surface area contributed by atoms with Gasteiger partial charge in [-0.2, -0.15) is 0 Å². The van der Waals surface area contributed by atoms with Crippen molar-refractivity contribution in [3.63, 3.8) is 0 Å². The molecule has 0 fully saturated rings. The molecule has 76 valence electrons. The lowest BCUT2D eigenvalue weighted by Gasteiger charge is -2.01. The minimum Gasteiger partial charge on any atom is -0.501 e. The molecule has 0 atom stereocenters. The summed E-state index contributed by atoms with van der Waals surface area (Å²) in [5.74, 6) is -0.341. The van der Waals surface area contributed by atoms with Crippen LogP contribution in [0.15, 0.2) is 61.7 Å². The van der Waals surface area contributed by atoms with E-state index in [1.54, 1.807) is 6.07 Å². The van der Waals surface area contributed by atoms with Gasteiger partial charge in [-0.15, -0.1) is 0 Å². The molecule has 1 heterocycles. The predicted molar refractivity (Wildman–Crippen MR) is 57.2 cm³/mol. The Morgan fingerprint density at radius 2 is 1.87 bits per heavy atom. The fourth-order valence-electron chi connectivity index (χ4n) is 1.09. The van der Waals surface area contributed by atoms with Gasteiger partial charge in [0, 0.05) is 4.90 Å². The van der Waals surface area contributed by atoms with Crippen LogP contribution in [0.25, 0.3) is 0 Å². The lowest BCUT2D eigenvalue weighted by atomic mass is 10.4. The van der Waals surface area contributed by atoms with Crippen molar-refractivity contribution in [2.24, 2.45) is 0 Å². The van der Waals surface area contributed by atoms with E-state index in [1.165, 1.54) is 18.0 Å². The maximum absolute atomic E-state index is 11.0. The zero-order valence-electron chi connectivity index (χ0n) is 7.71. The Balaban J connectivity index is 2.33. The first-order valence-electron chi connectivity index (χ1n) is 4.31. The van der Waals surface area contributed by atoms with Crippen LogP contribution in [0.3, 0.4) is 0 Å². The van der Waals surface area contributed by atoms with E-state index < -0.39 is 5.63 Å². The van der Waals surface area contributed by atoms with Crippen LogP contribution in [0.5, 0.6) is 5.75 Å². The standard InChI is InChI=1S/C11H8O3S/c12-10-9(6-7-14-11(10)13)15-8-4-2-1-3-5-8/h1-7,12H. The van der Waals surface area contributed by atoms with Gasteiger partial charge in [-0.05, 0) is 18.2 Å². The SMILES string of the molecule is O=c1occc(Sc2ccccc2)c1O. The van der Waals surface area contributed by atoms with E-state index >= 15 is 0 Å². The first-order valence-corrected chi connectivity index (χ1v) is 5.12. The zero-order chi connectivity index (χ0) is 10.7. The van der Waals surface area contributed by atoms with Crippen molar-refractivity contribution in [1.82, 2.24) is 0 Å². The Kier molecular flexibility index (Phi) is 2.78.